The van der Waals surface area contributed by atoms with Crippen molar-refractivity contribution in [1.29, 1.82) is 0 Å². The molecule has 0 heterocycles. The molecule has 0 aromatic carbocycles. The van der Waals surface area contributed by atoms with Crippen molar-refractivity contribution in [2.45, 2.75) is 258 Å². The number of quaternary nitrogens is 1. The van der Waals surface area contributed by atoms with Crippen LogP contribution in [-0.4, -0.2) is 69.4 Å². The zero-order valence-electron chi connectivity index (χ0n) is 47.4. The van der Waals surface area contributed by atoms with Crippen molar-refractivity contribution >= 4 is 19.7 Å². The molecule has 0 aliphatic heterocycles. The zero-order chi connectivity index (χ0) is 52.9. The lowest BCUT2D eigenvalue weighted by atomic mass is 10.1. The fraction of sp³-hybridized carbons (Fsp3) is 0.742. The Kier molecular flexibility index (Phi) is 49.6. The summed E-state index contributed by atoms with van der Waals surface area (Å²) in [6, 6.07) is -0.907. The SMILES string of the molecule is CC/C=C\C/C=C\C/C=C\C/C=C\C/C=C\CCCCCCCC(=O)NC(COP(=O)([O-])OCC[N+](C)(C)C)C(/C=C\CCCCCCCCCCC)OC(=O)CCCCC/C=C\CCCCCCCCC. The van der Waals surface area contributed by atoms with Gasteiger partial charge in [0.15, 0.2) is 0 Å². The Labute approximate surface area is 444 Å². The fourth-order valence-electron chi connectivity index (χ4n) is 8.01. The maximum absolute atomic E-state index is 13.5. The predicted molar refractivity (Wildman–Crippen MR) is 307 cm³/mol. The molecule has 0 rings (SSSR count). The smallest absolute Gasteiger partial charge is 0.306 e. The summed E-state index contributed by atoms with van der Waals surface area (Å²) in [5, 5.41) is 3.01. The van der Waals surface area contributed by atoms with Crippen molar-refractivity contribution in [2.75, 3.05) is 40.9 Å². The van der Waals surface area contributed by atoms with Gasteiger partial charge < -0.3 is 28.5 Å². The average molecular weight is 1030 g/mol. The number of phosphoric ester groups is 1. The van der Waals surface area contributed by atoms with E-state index in [1.165, 1.54) is 89.9 Å². The number of phosphoric acid groups is 1. The van der Waals surface area contributed by atoms with E-state index in [1.54, 1.807) is 0 Å². The molecule has 1 amide bonds. The summed E-state index contributed by atoms with van der Waals surface area (Å²) >= 11 is 0. The van der Waals surface area contributed by atoms with Crippen molar-refractivity contribution in [1.82, 2.24) is 5.32 Å². The maximum atomic E-state index is 13.5. The van der Waals surface area contributed by atoms with Crippen LogP contribution in [0.15, 0.2) is 85.1 Å². The van der Waals surface area contributed by atoms with Crippen molar-refractivity contribution in [3.63, 3.8) is 0 Å². The Morgan fingerprint density at radius 3 is 1.36 bits per heavy atom. The Balaban J connectivity index is 5.32. The van der Waals surface area contributed by atoms with Crippen molar-refractivity contribution in [2.24, 2.45) is 0 Å². The summed E-state index contributed by atoms with van der Waals surface area (Å²) in [5.41, 5.74) is 0. The van der Waals surface area contributed by atoms with Crippen molar-refractivity contribution < 1.29 is 37.3 Å². The minimum absolute atomic E-state index is 0.0321. The average Bonchev–Trinajstić information content (AvgIpc) is 3.34. The van der Waals surface area contributed by atoms with Gasteiger partial charge in [-0.1, -0.05) is 215 Å². The lowest BCUT2D eigenvalue weighted by molar-refractivity contribution is -0.870. The number of ether oxygens (including phenoxy) is 1. The van der Waals surface area contributed by atoms with Crippen LogP contribution in [0.1, 0.15) is 245 Å². The number of likely N-dealkylation sites (N-methyl/N-ethyl adjacent to an activating group) is 1. The molecule has 0 aliphatic rings. The van der Waals surface area contributed by atoms with Crippen LogP contribution >= 0.6 is 7.82 Å². The molecule has 3 atom stereocenters. The van der Waals surface area contributed by atoms with Crippen LogP contribution in [0.4, 0.5) is 0 Å². The van der Waals surface area contributed by atoms with Gasteiger partial charge in [0.05, 0.1) is 33.8 Å². The van der Waals surface area contributed by atoms with E-state index in [1.807, 2.05) is 33.3 Å². The van der Waals surface area contributed by atoms with Gasteiger partial charge in [-0.3, -0.25) is 14.2 Å². The molecule has 0 saturated heterocycles. The molecule has 0 saturated carbocycles. The van der Waals surface area contributed by atoms with Gasteiger partial charge in [0.2, 0.25) is 5.91 Å². The van der Waals surface area contributed by atoms with Gasteiger partial charge in [0.1, 0.15) is 19.3 Å². The molecule has 0 aromatic rings. The van der Waals surface area contributed by atoms with Crippen LogP contribution in [0.2, 0.25) is 0 Å². The van der Waals surface area contributed by atoms with E-state index in [0.29, 0.717) is 23.9 Å². The lowest BCUT2D eigenvalue weighted by Gasteiger charge is -2.30. The van der Waals surface area contributed by atoms with Gasteiger partial charge in [-0.2, -0.15) is 0 Å². The number of amides is 1. The number of hydrogen-bond acceptors (Lipinski definition) is 7. The highest BCUT2D eigenvalue weighted by Gasteiger charge is 2.27. The monoisotopic (exact) mass is 1030 g/mol. The van der Waals surface area contributed by atoms with Gasteiger partial charge in [-0.15, -0.1) is 0 Å². The minimum atomic E-state index is -4.71. The quantitative estimate of drug-likeness (QED) is 0.0212. The van der Waals surface area contributed by atoms with Gasteiger partial charge in [-0.25, -0.2) is 0 Å². The topological polar surface area (TPSA) is 114 Å². The van der Waals surface area contributed by atoms with Crippen LogP contribution in [0, 0.1) is 0 Å². The second-order valence-corrected chi connectivity index (χ2v) is 22.2. The third kappa shape index (κ3) is 52.1. The first-order valence-electron chi connectivity index (χ1n) is 29.4. The first-order valence-corrected chi connectivity index (χ1v) is 30.9. The van der Waals surface area contributed by atoms with Gasteiger partial charge in [0, 0.05) is 12.8 Å². The summed E-state index contributed by atoms with van der Waals surface area (Å²) in [7, 11) is 1.15. The normalized spacial score (nSPS) is 14.4. The molecule has 9 nitrogen and oxygen atoms in total. The number of esters is 1. The van der Waals surface area contributed by atoms with E-state index in [9.17, 15) is 19.0 Å². The number of unbranched alkanes of at least 4 members (excludes halogenated alkanes) is 24. The molecule has 10 heteroatoms. The summed E-state index contributed by atoms with van der Waals surface area (Å²) in [4.78, 5) is 39.8. The zero-order valence-corrected chi connectivity index (χ0v) is 48.3. The summed E-state index contributed by atoms with van der Waals surface area (Å²) < 4.78 is 30.2. The number of carbonyl (C=O) groups is 2. The molecule has 0 fully saturated rings. The molecule has 1 N–H and O–H groups in total. The summed E-state index contributed by atoms with van der Waals surface area (Å²) in [6.07, 6.45) is 66.9. The Hall–Kier alpha value is -2.81. The maximum Gasteiger partial charge on any atom is 0.306 e. The van der Waals surface area contributed by atoms with Crippen LogP contribution in [0.5, 0.6) is 0 Å². The molecule has 0 bridgehead atoms. The highest BCUT2D eigenvalue weighted by Crippen LogP contribution is 2.38. The van der Waals surface area contributed by atoms with Gasteiger partial charge in [-0.05, 0) is 102 Å². The first-order chi connectivity index (χ1) is 34.9. The van der Waals surface area contributed by atoms with Crippen LogP contribution < -0.4 is 10.2 Å². The van der Waals surface area contributed by atoms with Crippen LogP contribution in [0.3, 0.4) is 0 Å². The largest absolute Gasteiger partial charge is 0.756 e. The molecule has 0 aromatic heterocycles. The third-order valence-electron chi connectivity index (χ3n) is 12.6. The summed E-state index contributed by atoms with van der Waals surface area (Å²) in [6.45, 7) is 6.68. The van der Waals surface area contributed by atoms with E-state index in [-0.39, 0.29) is 31.3 Å². The number of hydrogen-bond donors (Lipinski definition) is 1. The van der Waals surface area contributed by atoms with E-state index in [4.69, 9.17) is 13.8 Å². The molecule has 0 radical (unpaired) electrons. The van der Waals surface area contributed by atoms with Crippen molar-refractivity contribution in [3.8, 4) is 0 Å². The van der Waals surface area contributed by atoms with Crippen LogP contribution in [0.25, 0.3) is 0 Å². The molecule has 0 spiro atoms. The van der Waals surface area contributed by atoms with Gasteiger partial charge >= 0.3 is 5.97 Å². The fourth-order valence-corrected chi connectivity index (χ4v) is 8.74. The lowest BCUT2D eigenvalue weighted by Crippen LogP contribution is -2.47. The second kappa shape index (κ2) is 51.7. The third-order valence-corrected chi connectivity index (χ3v) is 13.5. The summed E-state index contributed by atoms with van der Waals surface area (Å²) in [5.74, 6) is -0.585. The molecular weight excluding hydrogens is 916 g/mol. The molecular formula is C62H111N2O7P. The Morgan fingerprint density at radius 2 is 0.889 bits per heavy atom. The number of allylic oxidation sites excluding steroid dienone is 13. The van der Waals surface area contributed by atoms with Crippen molar-refractivity contribution in [3.05, 3.63) is 85.1 Å². The Morgan fingerprint density at radius 1 is 0.500 bits per heavy atom. The molecule has 0 aliphatic carbocycles. The molecule has 72 heavy (non-hydrogen) atoms. The number of nitrogens with one attached hydrogen (secondary N) is 1. The number of rotatable bonds is 52. The highest BCUT2D eigenvalue weighted by atomic mass is 31.2. The van der Waals surface area contributed by atoms with E-state index in [0.717, 1.165) is 109 Å². The molecule has 416 valence electrons. The number of carbonyl (C=O) groups excluding carboxylic acids is 2. The minimum Gasteiger partial charge on any atom is -0.756 e. The Bertz CT molecular complexity index is 1510. The number of nitrogens with zero attached hydrogens (tertiary/aromatic N) is 1. The predicted octanol–water partition coefficient (Wildman–Crippen LogP) is 17.2. The molecule has 3 unspecified atom stereocenters. The first kappa shape index (κ1) is 69.2. The standard InChI is InChI=1S/C62H111N2O7P/c1-7-10-13-16-19-22-25-27-29-30-31-32-33-34-35-36-39-42-45-48-51-54-61(65)63-59(58-70-72(67,68)69-57-56-64(4,5)6)60(53-50-47-44-41-38-24-21-18-15-12-9-3)71-62(66)55-52-49-46-43-40-37-28-26-23-20-17-14-11-8-2/h10,13,19,22,27,29,31-32,34-35,37,40,50,53,59-60H,7-9,11-12,14-18,20-21,23-26,28,30,33,36,38-39,41-49,51-52,54-58H2,1-6H3,(H-,63,65,67,68)/b13-10-,22-19-,29-27-,32-31-,35-34-,40-37-,53-50-. The van der Waals surface area contributed by atoms with Crippen LogP contribution in [-0.2, 0) is 27.9 Å². The van der Waals surface area contributed by atoms with E-state index < -0.39 is 26.6 Å². The van der Waals surface area contributed by atoms with E-state index >= 15 is 0 Å². The second-order valence-electron chi connectivity index (χ2n) is 20.8. The van der Waals surface area contributed by atoms with Gasteiger partial charge in [0.25, 0.3) is 7.82 Å². The van der Waals surface area contributed by atoms with E-state index in [2.05, 4.69) is 99.0 Å². The highest BCUT2D eigenvalue weighted by molar-refractivity contribution is 7.45.